The second-order valence-corrected chi connectivity index (χ2v) is 5.97. The Morgan fingerprint density at radius 1 is 1.42 bits per heavy atom. The van der Waals surface area contributed by atoms with Crippen LogP contribution >= 0.6 is 27.5 Å². The SMILES string of the molecule is C[C@@H]1CN(C(=O)c2cccc(Br)c2Cl)C[C@H]1C(=O)O. The van der Waals surface area contributed by atoms with E-state index in [0.29, 0.717) is 21.6 Å². The normalized spacial score (nSPS) is 22.6. The molecule has 1 N–H and O–H groups in total. The summed E-state index contributed by atoms with van der Waals surface area (Å²) in [4.78, 5) is 25.0. The first kappa shape index (κ1) is 14.3. The van der Waals surface area contributed by atoms with Crippen molar-refractivity contribution in [1.82, 2.24) is 4.90 Å². The molecule has 1 fully saturated rings. The van der Waals surface area contributed by atoms with E-state index in [9.17, 15) is 9.59 Å². The number of amides is 1. The van der Waals surface area contributed by atoms with Gasteiger partial charge in [0.2, 0.25) is 0 Å². The first-order valence-electron chi connectivity index (χ1n) is 5.88. The van der Waals surface area contributed by atoms with Crippen LogP contribution in [0.1, 0.15) is 17.3 Å². The first-order chi connectivity index (χ1) is 8.91. The highest BCUT2D eigenvalue weighted by Gasteiger charge is 2.37. The van der Waals surface area contributed by atoms with E-state index in [0.717, 1.165) is 0 Å². The van der Waals surface area contributed by atoms with Crippen LogP contribution in [0.4, 0.5) is 0 Å². The van der Waals surface area contributed by atoms with Crippen molar-refractivity contribution in [2.24, 2.45) is 11.8 Å². The van der Waals surface area contributed by atoms with E-state index in [1.165, 1.54) is 0 Å². The lowest BCUT2D eigenvalue weighted by Gasteiger charge is -2.17. The predicted molar refractivity (Wildman–Crippen MR) is 75.3 cm³/mol. The zero-order valence-electron chi connectivity index (χ0n) is 10.3. The molecule has 2 atom stereocenters. The molecule has 0 spiro atoms. The van der Waals surface area contributed by atoms with E-state index in [2.05, 4.69) is 15.9 Å². The molecule has 102 valence electrons. The molecule has 0 aromatic heterocycles. The zero-order valence-corrected chi connectivity index (χ0v) is 12.6. The summed E-state index contributed by atoms with van der Waals surface area (Å²) in [6.07, 6.45) is 0. The number of likely N-dealkylation sites (tertiary alicyclic amines) is 1. The summed E-state index contributed by atoms with van der Waals surface area (Å²) in [6.45, 7) is 2.52. The maximum absolute atomic E-state index is 12.4. The topological polar surface area (TPSA) is 57.6 Å². The van der Waals surface area contributed by atoms with Crippen LogP contribution in [-0.4, -0.2) is 35.0 Å². The molecule has 0 aliphatic carbocycles. The van der Waals surface area contributed by atoms with Gasteiger partial charge < -0.3 is 10.0 Å². The maximum Gasteiger partial charge on any atom is 0.308 e. The number of halogens is 2. The number of nitrogens with zero attached hydrogens (tertiary/aromatic N) is 1. The molecule has 1 aromatic carbocycles. The Hall–Kier alpha value is -1.07. The van der Waals surface area contributed by atoms with Crippen LogP contribution in [0.5, 0.6) is 0 Å². The van der Waals surface area contributed by atoms with Crippen LogP contribution in [0.3, 0.4) is 0 Å². The molecule has 0 bridgehead atoms. The van der Waals surface area contributed by atoms with Crippen molar-refractivity contribution in [3.63, 3.8) is 0 Å². The number of carboxylic acids is 1. The Balaban J connectivity index is 2.22. The minimum atomic E-state index is -0.858. The summed E-state index contributed by atoms with van der Waals surface area (Å²) < 4.78 is 0.655. The summed E-state index contributed by atoms with van der Waals surface area (Å²) >= 11 is 9.36. The minimum Gasteiger partial charge on any atom is -0.481 e. The van der Waals surface area contributed by atoms with E-state index in [1.807, 2.05) is 6.92 Å². The Morgan fingerprint density at radius 2 is 2.11 bits per heavy atom. The van der Waals surface area contributed by atoms with E-state index >= 15 is 0 Å². The number of carboxylic acid groups (broad SMARTS) is 1. The third-order valence-electron chi connectivity index (χ3n) is 3.40. The standard InChI is InChI=1S/C13H13BrClNO3/c1-7-5-16(6-9(7)13(18)19)12(17)8-3-2-4-10(14)11(8)15/h2-4,7,9H,5-6H2,1H3,(H,18,19)/t7-,9-/m1/s1. The first-order valence-corrected chi connectivity index (χ1v) is 7.05. The Labute approximate surface area is 124 Å². The van der Waals surface area contributed by atoms with Crippen LogP contribution in [0.25, 0.3) is 0 Å². The molecule has 0 radical (unpaired) electrons. The lowest BCUT2D eigenvalue weighted by molar-refractivity contribution is -0.142. The fraction of sp³-hybridized carbons (Fsp3) is 0.385. The summed E-state index contributed by atoms with van der Waals surface area (Å²) in [5.41, 5.74) is 0.397. The lowest BCUT2D eigenvalue weighted by atomic mass is 9.99. The quantitative estimate of drug-likeness (QED) is 0.896. The van der Waals surface area contributed by atoms with E-state index in [4.69, 9.17) is 16.7 Å². The molecule has 1 heterocycles. The van der Waals surface area contributed by atoms with Crippen LogP contribution in [0, 0.1) is 11.8 Å². The fourth-order valence-corrected chi connectivity index (χ4v) is 2.87. The Kier molecular flexibility index (Phi) is 4.16. The molecule has 6 heteroatoms. The fourth-order valence-electron chi connectivity index (χ4n) is 2.29. The molecule has 1 aromatic rings. The van der Waals surface area contributed by atoms with Gasteiger partial charge in [-0.25, -0.2) is 0 Å². The number of carbonyl (C=O) groups excluding carboxylic acids is 1. The van der Waals surface area contributed by atoms with Crippen LogP contribution in [0.15, 0.2) is 22.7 Å². The number of hydrogen-bond acceptors (Lipinski definition) is 2. The molecule has 19 heavy (non-hydrogen) atoms. The number of benzene rings is 1. The number of carbonyl (C=O) groups is 2. The average Bonchev–Trinajstić information content (AvgIpc) is 2.74. The maximum atomic E-state index is 12.4. The van der Waals surface area contributed by atoms with E-state index < -0.39 is 11.9 Å². The third kappa shape index (κ3) is 2.77. The minimum absolute atomic E-state index is 0.0487. The van der Waals surface area contributed by atoms with Gasteiger partial charge >= 0.3 is 5.97 Å². The second kappa shape index (κ2) is 5.51. The van der Waals surface area contributed by atoms with E-state index in [1.54, 1.807) is 23.1 Å². The zero-order chi connectivity index (χ0) is 14.2. The summed E-state index contributed by atoms with van der Waals surface area (Å²) in [5.74, 6) is -1.63. The molecule has 1 saturated heterocycles. The molecule has 0 unspecified atom stereocenters. The van der Waals surface area contributed by atoms with Gasteiger partial charge in [0.15, 0.2) is 0 Å². The number of aliphatic carboxylic acids is 1. The van der Waals surface area contributed by atoms with Crippen molar-refractivity contribution >= 4 is 39.4 Å². The van der Waals surface area contributed by atoms with Crippen LogP contribution in [-0.2, 0) is 4.79 Å². The highest BCUT2D eigenvalue weighted by molar-refractivity contribution is 9.10. The van der Waals surface area contributed by atoms with Gasteiger partial charge in [0.1, 0.15) is 0 Å². The summed E-state index contributed by atoms with van der Waals surface area (Å²) in [6, 6.07) is 5.14. The number of hydrogen-bond donors (Lipinski definition) is 1. The number of rotatable bonds is 2. The largest absolute Gasteiger partial charge is 0.481 e. The molecule has 2 rings (SSSR count). The van der Waals surface area contributed by atoms with Crippen molar-refractivity contribution < 1.29 is 14.7 Å². The van der Waals surface area contributed by atoms with Gasteiger partial charge in [-0.15, -0.1) is 0 Å². The van der Waals surface area contributed by atoms with Gasteiger partial charge in [-0.05, 0) is 34.0 Å². The monoisotopic (exact) mass is 345 g/mol. The summed E-state index contributed by atoms with van der Waals surface area (Å²) in [5, 5.41) is 9.44. The molecule has 1 aliphatic rings. The Morgan fingerprint density at radius 3 is 2.68 bits per heavy atom. The van der Waals surface area contributed by atoms with Gasteiger partial charge in [0, 0.05) is 17.6 Å². The predicted octanol–water partition coefficient (Wildman–Crippen LogP) is 2.90. The molecule has 1 aliphatic heterocycles. The Bertz CT molecular complexity index is 535. The molecule has 0 saturated carbocycles. The average molecular weight is 347 g/mol. The lowest BCUT2D eigenvalue weighted by Crippen LogP contribution is -2.30. The van der Waals surface area contributed by atoms with Gasteiger partial charge in [-0.3, -0.25) is 9.59 Å². The highest BCUT2D eigenvalue weighted by Crippen LogP contribution is 2.30. The van der Waals surface area contributed by atoms with Gasteiger partial charge in [-0.1, -0.05) is 24.6 Å². The van der Waals surface area contributed by atoms with Crippen LogP contribution in [0.2, 0.25) is 5.02 Å². The van der Waals surface area contributed by atoms with Crippen molar-refractivity contribution in [3.8, 4) is 0 Å². The third-order valence-corrected chi connectivity index (χ3v) is 4.70. The molecule has 1 amide bonds. The van der Waals surface area contributed by atoms with Crippen molar-refractivity contribution in [1.29, 1.82) is 0 Å². The van der Waals surface area contributed by atoms with Gasteiger partial charge in [0.05, 0.1) is 16.5 Å². The van der Waals surface area contributed by atoms with Gasteiger partial charge in [0.25, 0.3) is 5.91 Å². The smallest absolute Gasteiger partial charge is 0.308 e. The van der Waals surface area contributed by atoms with Gasteiger partial charge in [-0.2, -0.15) is 0 Å². The van der Waals surface area contributed by atoms with Crippen molar-refractivity contribution in [2.75, 3.05) is 13.1 Å². The van der Waals surface area contributed by atoms with Crippen molar-refractivity contribution in [2.45, 2.75) is 6.92 Å². The molecule has 4 nitrogen and oxygen atoms in total. The summed E-state index contributed by atoms with van der Waals surface area (Å²) in [7, 11) is 0. The van der Waals surface area contributed by atoms with Crippen molar-refractivity contribution in [3.05, 3.63) is 33.3 Å². The highest BCUT2D eigenvalue weighted by atomic mass is 79.9. The molecular weight excluding hydrogens is 334 g/mol. The van der Waals surface area contributed by atoms with Crippen LogP contribution < -0.4 is 0 Å². The molecular formula is C13H13BrClNO3. The van der Waals surface area contributed by atoms with E-state index in [-0.39, 0.29) is 18.4 Å². The second-order valence-electron chi connectivity index (χ2n) is 4.73.